The first-order chi connectivity index (χ1) is 69.0. The van der Waals surface area contributed by atoms with Crippen LogP contribution in [0.5, 0.6) is 5.75 Å². The van der Waals surface area contributed by atoms with Gasteiger partial charge in [-0.1, -0.05) is 131 Å². The van der Waals surface area contributed by atoms with E-state index in [1.807, 2.05) is 0 Å². The molecule has 0 N–H and O–H groups in total. The van der Waals surface area contributed by atoms with Crippen molar-refractivity contribution in [3.63, 3.8) is 0 Å². The Morgan fingerprint density at radius 3 is 1.43 bits per heavy atom. The maximum atomic E-state index is 13.6. The third-order valence-corrected chi connectivity index (χ3v) is 42.6. The van der Waals surface area contributed by atoms with E-state index >= 15 is 0 Å². The second kappa shape index (κ2) is 43.4. The van der Waals surface area contributed by atoms with Gasteiger partial charge in [0.1, 0.15) is 70.1 Å². The second-order valence-corrected chi connectivity index (χ2v) is 54.1. The number of esters is 5. The molecule has 16 aliphatic carbocycles. The number of alkyl halides is 5. The highest BCUT2D eigenvalue weighted by atomic mass is 32.2. The third-order valence-electron chi connectivity index (χ3n) is 34.4. The smallest absolute Gasteiger partial charge is 0.508 e. The summed E-state index contributed by atoms with van der Waals surface area (Å²) < 4.78 is 182. The highest BCUT2D eigenvalue weighted by Gasteiger charge is 2.72. The molecule has 22 nitrogen and oxygen atoms in total. The molecular formula is C113H134F5O22S5+. The zero-order valence-corrected chi connectivity index (χ0v) is 87.5. The number of ether oxygens (including phenoxy) is 10. The molecule has 12 unspecified atom stereocenters. The van der Waals surface area contributed by atoms with E-state index in [0.717, 1.165) is 118 Å². The Hall–Kier alpha value is -8.60. The van der Waals surface area contributed by atoms with E-state index in [4.69, 9.17) is 37.9 Å². The molecule has 145 heavy (non-hydrogen) atoms. The molecule has 12 atom stereocenters. The van der Waals surface area contributed by atoms with Crippen molar-refractivity contribution in [3.05, 3.63) is 205 Å². The second-order valence-electron chi connectivity index (χ2n) is 44.9. The van der Waals surface area contributed by atoms with Gasteiger partial charge in [0, 0.05) is 47.2 Å². The van der Waals surface area contributed by atoms with E-state index in [9.17, 15) is 76.7 Å². The van der Waals surface area contributed by atoms with Crippen molar-refractivity contribution in [3.8, 4) is 5.75 Å². The fraction of sp³-hybridized carbons (Fsp3) is 0.575. The molecular weight excluding hydrogens is 1960 g/mol. The zero-order chi connectivity index (χ0) is 103. The van der Waals surface area contributed by atoms with E-state index in [-0.39, 0.29) is 75.2 Å². The van der Waals surface area contributed by atoms with Crippen LogP contribution in [0.25, 0.3) is 0 Å². The Morgan fingerprint density at radius 2 is 0.979 bits per heavy atom. The van der Waals surface area contributed by atoms with Gasteiger partial charge in [0.15, 0.2) is 51.0 Å². The van der Waals surface area contributed by atoms with Gasteiger partial charge in [-0.05, 0) is 327 Å². The van der Waals surface area contributed by atoms with E-state index in [1.54, 1.807) is 0 Å². The maximum Gasteiger partial charge on any atom is 0.508 e. The van der Waals surface area contributed by atoms with Gasteiger partial charge in [-0.15, -0.1) is 0 Å². The van der Waals surface area contributed by atoms with Crippen LogP contribution >= 0.6 is 0 Å². The Labute approximate surface area is 856 Å². The highest BCUT2D eigenvalue weighted by molar-refractivity contribution is 7.97. The Morgan fingerprint density at radius 1 is 0.524 bits per heavy atom. The summed E-state index contributed by atoms with van der Waals surface area (Å²) in [5, 5.41) is -5.05. The van der Waals surface area contributed by atoms with Gasteiger partial charge in [-0.25, -0.2) is 40.4 Å². The van der Waals surface area contributed by atoms with Crippen LogP contribution < -0.4 is 4.74 Å². The molecule has 0 radical (unpaired) electrons. The summed E-state index contributed by atoms with van der Waals surface area (Å²) in [6.07, 6.45) is 17.3. The summed E-state index contributed by atoms with van der Waals surface area (Å²) in [6, 6.07) is 67.1. The number of fused-ring (bicyclic) bond motifs is 2. The zero-order valence-electron chi connectivity index (χ0n) is 83.4. The number of benzene rings is 7. The summed E-state index contributed by atoms with van der Waals surface area (Å²) in [5.41, 5.74) is 0.220. The van der Waals surface area contributed by atoms with Crippen LogP contribution in [0, 0.1) is 126 Å². The molecule has 19 fully saturated rings. The lowest BCUT2D eigenvalue weighted by molar-refractivity contribution is -0.218. The molecule has 0 spiro atoms. The molecule has 782 valence electrons. The minimum absolute atomic E-state index is 0.00744. The van der Waals surface area contributed by atoms with Crippen LogP contribution in [0.2, 0.25) is 0 Å². The molecule has 3 heterocycles. The van der Waals surface area contributed by atoms with Crippen molar-refractivity contribution in [1.82, 2.24) is 0 Å². The number of halogens is 5. The normalized spacial score (nSPS) is 32.7. The molecule has 16 saturated carbocycles. The third kappa shape index (κ3) is 23.0. The molecule has 19 aliphatic rings. The first kappa shape index (κ1) is 106. The van der Waals surface area contributed by atoms with E-state index in [0.29, 0.717) is 78.2 Å². The van der Waals surface area contributed by atoms with Gasteiger partial charge in [-0.3, -0.25) is 9.59 Å². The standard InChI is InChI=1S/C33H37O3S.C24H30F2O6.C18H15S.C14H21FO6S.C14H21OS.C10H12F2O6S/c1-22-14-30(37(28-10-6-4-7-11-28)29-12-8-5-9-13-29)15-23(2)32(22)35-21-31(34)36-33(3)26-17-24-16-25(19-26)20-27(33)18-24;1-3-24(12-5-10-4-11(7-12)8-13(24)6-10)32-21(28)17-15-9-14-16(17)20(27)30-18(14)19(15)31-22(29)23(2,25)26;1-4-10-16(11-5-1)19(17-12-6-2-7-13-17)18-14-8-3-9-15-18;15-12(22(17,18)19)7-20-13(16)21-8-14-4-9-1-10(5-14)3-11(2-9)6-14;1-14(2,3)12-4-6-13(7-5-12)16-10-8-15-9-11-16;11-10(12,19(14,15)16)9(13)18-7-4-1-5-3-17-8(7)6(5)2-4/h4-15,24-27H,16-21H2,1-3H3;10-19H,3-9H2,1-2H3;1-15H;9-12H,1-8H2,(H,17,18,19);4-7H,8-11H2,1-3H3;4-8H,1-3H2,(H,14,15,16)/q+1;;+1;;+1;/p-2. The lowest BCUT2D eigenvalue weighted by Gasteiger charge is -2.60. The highest BCUT2D eigenvalue weighted by Crippen LogP contribution is 2.66. The molecule has 3 aliphatic heterocycles. The molecule has 3 saturated heterocycles. The van der Waals surface area contributed by atoms with Gasteiger partial charge < -0.3 is 56.5 Å². The van der Waals surface area contributed by atoms with E-state index in [2.05, 4.69) is 246 Å². The van der Waals surface area contributed by atoms with Crippen molar-refractivity contribution < 1.29 is 124 Å². The summed E-state index contributed by atoms with van der Waals surface area (Å²) >= 11 is 0. The number of aryl methyl sites for hydroxylation is 2. The van der Waals surface area contributed by atoms with Crippen LogP contribution in [0.15, 0.2) is 222 Å². The van der Waals surface area contributed by atoms with Crippen molar-refractivity contribution in [2.24, 2.45) is 112 Å². The van der Waals surface area contributed by atoms with Crippen molar-refractivity contribution in [1.29, 1.82) is 0 Å². The number of carbonyl (C=O) groups is 6. The molecule has 16 bridgehead atoms. The number of hydrogen-bond acceptors (Lipinski definition) is 22. The van der Waals surface area contributed by atoms with Crippen molar-refractivity contribution >= 4 is 88.9 Å². The SMILES string of the molecule is CC(C)(C)c1ccc([S+]2CCOCC2)cc1.CCC1(OC(=O)C2C3CC4C(OC(=O)C42)C3OC(=O)C(C)(F)F)C2CC3CC(C2)CC1C3.Cc1cc([S+](c2ccccc2)c2ccccc2)cc(C)c1OCC(=O)OC1(C)C2CC3CC(C2)CC1C3.O=C(OC1C2CC3COC1C3C2)C(F)(F)S(=O)(=O)[O-].O=C(OCC(F)S(=O)(=O)[O-])OCC12CC3CC(CC(C3)C1)C2.c1ccc([S+](c2ccccc2)c2ccccc2)cc1. The lowest BCUT2D eigenvalue weighted by atomic mass is 9.49. The monoisotopic (exact) mass is 2100 g/mol. The van der Waals surface area contributed by atoms with Crippen LogP contribution in [-0.4, -0.2) is 165 Å². The Bertz CT molecular complexity index is 5730. The maximum absolute atomic E-state index is 13.6. The predicted molar refractivity (Wildman–Crippen MR) is 532 cm³/mol. The molecule has 26 rings (SSSR count). The minimum atomic E-state index is -6.07. The fourth-order valence-electron chi connectivity index (χ4n) is 28.6. The van der Waals surface area contributed by atoms with E-state index < -0.39 is 121 Å². The summed E-state index contributed by atoms with van der Waals surface area (Å²) in [6.45, 7) is 17.1. The van der Waals surface area contributed by atoms with Gasteiger partial charge >= 0.3 is 47.2 Å². The van der Waals surface area contributed by atoms with Gasteiger partial charge in [0.2, 0.25) is 5.50 Å². The van der Waals surface area contributed by atoms with Crippen LogP contribution in [0.4, 0.5) is 26.7 Å². The van der Waals surface area contributed by atoms with Crippen molar-refractivity contribution in [2.45, 2.75) is 276 Å². The summed E-state index contributed by atoms with van der Waals surface area (Å²) in [4.78, 5) is 83.2. The predicted octanol–water partition coefficient (Wildman–Crippen LogP) is 21.1. The Kier molecular flexibility index (Phi) is 31.8. The Balaban J connectivity index is 0.000000117. The molecule has 0 aromatic heterocycles. The van der Waals surface area contributed by atoms with Gasteiger partial charge in [0.25, 0.3) is 0 Å². The fourth-order valence-corrected chi connectivity index (χ4v) is 35.3. The lowest BCUT2D eigenvalue weighted by Crippen LogP contribution is -2.60. The van der Waals surface area contributed by atoms with Crippen LogP contribution in [0.3, 0.4) is 0 Å². The minimum Gasteiger partial charge on any atom is -0.746 e. The van der Waals surface area contributed by atoms with Crippen LogP contribution in [-0.2, 0) is 125 Å². The van der Waals surface area contributed by atoms with Crippen molar-refractivity contribution in [2.75, 3.05) is 51.1 Å². The number of hydrogen-bond donors (Lipinski definition) is 0. The average Bonchev–Trinajstić information content (AvgIpc) is 1.54. The van der Waals surface area contributed by atoms with Gasteiger partial charge in [-0.2, -0.15) is 17.6 Å². The molecule has 32 heteroatoms. The van der Waals surface area contributed by atoms with Gasteiger partial charge in [0.05, 0.1) is 59.6 Å². The molecule has 7 aromatic carbocycles. The van der Waals surface area contributed by atoms with E-state index in [1.165, 1.54) is 109 Å². The summed E-state index contributed by atoms with van der Waals surface area (Å²) in [7, 11) is -11.0. The molecule has 7 aromatic rings. The topological polar surface area (TPSA) is 309 Å². The first-order valence-electron chi connectivity index (χ1n) is 51.6. The quantitative estimate of drug-likeness (QED) is 0.0178. The number of rotatable bonds is 24. The first-order valence-corrected chi connectivity index (χ1v) is 58.5. The largest absolute Gasteiger partial charge is 0.746 e. The van der Waals surface area contributed by atoms with Crippen LogP contribution in [0.1, 0.15) is 187 Å². The number of carbonyl (C=O) groups excluding carboxylic acids is 6. The average molecular weight is 2100 g/mol. The molecule has 0 amide bonds. The summed E-state index contributed by atoms with van der Waals surface area (Å²) in [5.74, 6) is -0.287.